The molecule has 1 aromatic rings. The van der Waals surface area contributed by atoms with Crippen LogP contribution in [0, 0.1) is 0 Å². The second-order valence-corrected chi connectivity index (χ2v) is 4.76. The second kappa shape index (κ2) is 6.03. The van der Waals surface area contributed by atoms with Gasteiger partial charge in [-0.25, -0.2) is 0 Å². The first-order chi connectivity index (χ1) is 8.29. The van der Waals surface area contributed by atoms with Crippen molar-refractivity contribution >= 4 is 0 Å². The first kappa shape index (κ1) is 12.4. The third-order valence-electron chi connectivity index (χ3n) is 3.30. The van der Waals surface area contributed by atoms with Crippen LogP contribution < -0.4 is 10.1 Å². The van der Waals surface area contributed by atoms with E-state index in [9.17, 15) is 0 Å². The number of ether oxygens (including phenoxy) is 1. The molecule has 3 heteroatoms. The van der Waals surface area contributed by atoms with Gasteiger partial charge in [0, 0.05) is 25.2 Å². The molecule has 1 heterocycles. The van der Waals surface area contributed by atoms with Gasteiger partial charge in [0.1, 0.15) is 11.9 Å². The van der Waals surface area contributed by atoms with Crippen molar-refractivity contribution in [3.8, 4) is 5.75 Å². The lowest BCUT2D eigenvalue weighted by molar-refractivity contribution is 0.113. The molecule has 1 saturated heterocycles. The van der Waals surface area contributed by atoms with Crippen molar-refractivity contribution < 1.29 is 4.74 Å². The van der Waals surface area contributed by atoms with Gasteiger partial charge in [0.2, 0.25) is 0 Å². The van der Waals surface area contributed by atoms with Crippen molar-refractivity contribution in [2.75, 3.05) is 27.2 Å². The van der Waals surface area contributed by atoms with Crippen LogP contribution in [0.25, 0.3) is 0 Å². The van der Waals surface area contributed by atoms with Crippen molar-refractivity contribution in [1.29, 1.82) is 0 Å². The zero-order valence-corrected chi connectivity index (χ0v) is 10.8. The normalized spacial score (nSPS) is 18.2. The average Bonchev–Trinajstić information content (AvgIpc) is 2.35. The molecule has 0 unspecified atom stereocenters. The summed E-state index contributed by atoms with van der Waals surface area (Å²) >= 11 is 0. The number of hydrogen-bond donors (Lipinski definition) is 1. The quantitative estimate of drug-likeness (QED) is 0.861. The number of para-hydroxylation sites is 1. The van der Waals surface area contributed by atoms with Crippen molar-refractivity contribution in [3.63, 3.8) is 0 Å². The van der Waals surface area contributed by atoms with E-state index in [-0.39, 0.29) is 0 Å². The number of rotatable bonds is 4. The van der Waals surface area contributed by atoms with Crippen LogP contribution in [-0.4, -0.2) is 38.2 Å². The zero-order valence-electron chi connectivity index (χ0n) is 10.8. The highest BCUT2D eigenvalue weighted by molar-refractivity contribution is 5.33. The molecule has 0 radical (unpaired) electrons. The van der Waals surface area contributed by atoms with Crippen molar-refractivity contribution in [2.24, 2.45) is 0 Å². The molecule has 1 aromatic carbocycles. The van der Waals surface area contributed by atoms with E-state index < -0.39 is 0 Å². The number of likely N-dealkylation sites (tertiary alicyclic amines) is 1. The van der Waals surface area contributed by atoms with Crippen LogP contribution >= 0.6 is 0 Å². The molecule has 1 fully saturated rings. The molecule has 0 spiro atoms. The predicted octanol–water partition coefficient (Wildman–Crippen LogP) is 1.88. The molecule has 1 N–H and O–H groups in total. The van der Waals surface area contributed by atoms with Crippen LogP contribution in [0.4, 0.5) is 0 Å². The fraction of sp³-hybridized carbons (Fsp3) is 0.571. The van der Waals surface area contributed by atoms with E-state index in [0.717, 1.165) is 38.2 Å². The van der Waals surface area contributed by atoms with E-state index in [0.29, 0.717) is 6.10 Å². The highest BCUT2D eigenvalue weighted by Crippen LogP contribution is 2.22. The summed E-state index contributed by atoms with van der Waals surface area (Å²) in [5.41, 5.74) is 1.24. The predicted molar refractivity (Wildman–Crippen MR) is 70.4 cm³/mol. The first-order valence-electron chi connectivity index (χ1n) is 6.37. The Balaban J connectivity index is 1.98. The van der Waals surface area contributed by atoms with Crippen molar-refractivity contribution in [2.45, 2.75) is 25.5 Å². The SMILES string of the molecule is CNCc1ccccc1OC1CCN(C)CC1. The Bertz CT molecular complexity index is 346. The van der Waals surface area contributed by atoms with Crippen LogP contribution in [0.1, 0.15) is 18.4 Å². The Morgan fingerprint density at radius 1 is 1.29 bits per heavy atom. The van der Waals surface area contributed by atoms with Gasteiger partial charge in [-0.3, -0.25) is 0 Å². The second-order valence-electron chi connectivity index (χ2n) is 4.76. The number of nitrogens with zero attached hydrogens (tertiary/aromatic N) is 1. The zero-order chi connectivity index (χ0) is 12.1. The minimum atomic E-state index is 0.379. The maximum absolute atomic E-state index is 6.12. The minimum Gasteiger partial charge on any atom is -0.490 e. The van der Waals surface area contributed by atoms with E-state index >= 15 is 0 Å². The molecule has 0 bridgehead atoms. The molecule has 2 rings (SSSR count). The summed E-state index contributed by atoms with van der Waals surface area (Å²) in [4.78, 5) is 2.36. The molecular formula is C14H22N2O. The fourth-order valence-corrected chi connectivity index (χ4v) is 2.24. The van der Waals surface area contributed by atoms with Crippen molar-refractivity contribution in [3.05, 3.63) is 29.8 Å². The molecule has 1 aliphatic heterocycles. The van der Waals surface area contributed by atoms with Gasteiger partial charge >= 0.3 is 0 Å². The summed E-state index contributed by atoms with van der Waals surface area (Å²) in [6, 6.07) is 8.31. The van der Waals surface area contributed by atoms with E-state index in [1.807, 2.05) is 13.1 Å². The topological polar surface area (TPSA) is 24.5 Å². The van der Waals surface area contributed by atoms with E-state index in [1.54, 1.807) is 0 Å². The first-order valence-corrected chi connectivity index (χ1v) is 6.37. The van der Waals surface area contributed by atoms with Gasteiger partial charge < -0.3 is 15.0 Å². The maximum Gasteiger partial charge on any atom is 0.124 e. The number of hydrogen-bond acceptors (Lipinski definition) is 3. The van der Waals surface area contributed by atoms with E-state index in [1.165, 1.54) is 5.56 Å². The number of piperidine rings is 1. The summed E-state index contributed by atoms with van der Waals surface area (Å²) in [5.74, 6) is 1.04. The fourth-order valence-electron chi connectivity index (χ4n) is 2.24. The lowest BCUT2D eigenvalue weighted by Gasteiger charge is -2.29. The average molecular weight is 234 g/mol. The largest absolute Gasteiger partial charge is 0.490 e. The summed E-state index contributed by atoms with van der Waals surface area (Å²) in [5, 5.41) is 3.18. The Labute approximate surface area is 104 Å². The molecule has 0 aromatic heterocycles. The molecule has 0 atom stereocenters. The van der Waals surface area contributed by atoms with Crippen LogP contribution in [0.5, 0.6) is 5.75 Å². The smallest absolute Gasteiger partial charge is 0.124 e. The lowest BCUT2D eigenvalue weighted by atomic mass is 10.1. The molecule has 17 heavy (non-hydrogen) atoms. The van der Waals surface area contributed by atoms with Crippen LogP contribution in [-0.2, 0) is 6.54 Å². The van der Waals surface area contributed by atoms with Gasteiger partial charge in [-0.2, -0.15) is 0 Å². The van der Waals surface area contributed by atoms with Crippen LogP contribution in [0.3, 0.4) is 0 Å². The molecular weight excluding hydrogens is 212 g/mol. The molecule has 0 aliphatic carbocycles. The Hall–Kier alpha value is -1.06. The standard InChI is InChI=1S/C14H22N2O/c1-15-11-12-5-3-4-6-14(12)17-13-7-9-16(2)10-8-13/h3-6,13,15H,7-11H2,1-2H3. The molecule has 94 valence electrons. The molecule has 0 amide bonds. The van der Waals surface area contributed by atoms with Gasteiger partial charge in [0.25, 0.3) is 0 Å². The third-order valence-corrected chi connectivity index (χ3v) is 3.30. The molecule has 1 aliphatic rings. The van der Waals surface area contributed by atoms with Gasteiger partial charge in [0.05, 0.1) is 0 Å². The third kappa shape index (κ3) is 3.45. The van der Waals surface area contributed by atoms with E-state index in [4.69, 9.17) is 4.74 Å². The minimum absolute atomic E-state index is 0.379. The summed E-state index contributed by atoms with van der Waals surface area (Å²) in [6.45, 7) is 3.14. The Morgan fingerprint density at radius 3 is 2.71 bits per heavy atom. The molecule has 3 nitrogen and oxygen atoms in total. The Morgan fingerprint density at radius 2 is 2.00 bits per heavy atom. The van der Waals surface area contributed by atoms with Crippen molar-refractivity contribution in [1.82, 2.24) is 10.2 Å². The highest BCUT2D eigenvalue weighted by Gasteiger charge is 2.18. The summed E-state index contributed by atoms with van der Waals surface area (Å²) in [7, 11) is 4.14. The van der Waals surface area contributed by atoms with Gasteiger partial charge in [-0.15, -0.1) is 0 Å². The Kier molecular flexibility index (Phi) is 4.40. The van der Waals surface area contributed by atoms with Gasteiger partial charge in [0.15, 0.2) is 0 Å². The monoisotopic (exact) mass is 234 g/mol. The number of benzene rings is 1. The van der Waals surface area contributed by atoms with Gasteiger partial charge in [-0.1, -0.05) is 18.2 Å². The number of nitrogens with one attached hydrogen (secondary N) is 1. The van der Waals surface area contributed by atoms with E-state index in [2.05, 4.69) is 35.5 Å². The maximum atomic E-state index is 6.12. The van der Waals surface area contributed by atoms with Gasteiger partial charge in [-0.05, 0) is 33.0 Å². The molecule has 0 saturated carbocycles. The van der Waals surface area contributed by atoms with Crippen LogP contribution in [0.2, 0.25) is 0 Å². The summed E-state index contributed by atoms with van der Waals surface area (Å²) < 4.78 is 6.12. The highest BCUT2D eigenvalue weighted by atomic mass is 16.5. The van der Waals surface area contributed by atoms with Crippen LogP contribution in [0.15, 0.2) is 24.3 Å². The summed E-state index contributed by atoms with van der Waals surface area (Å²) in [6.07, 6.45) is 2.64. The lowest BCUT2D eigenvalue weighted by Crippen LogP contribution is -2.35.